The summed E-state index contributed by atoms with van der Waals surface area (Å²) < 4.78 is 0. The summed E-state index contributed by atoms with van der Waals surface area (Å²) in [6.45, 7) is 1.72. The molecule has 1 aromatic carbocycles. The quantitative estimate of drug-likeness (QED) is 0.867. The maximum absolute atomic E-state index is 12.4. The third-order valence-electron chi connectivity index (χ3n) is 3.89. The lowest BCUT2D eigenvalue weighted by atomic mass is 10.2. The monoisotopic (exact) mass is 281 g/mol. The van der Waals surface area contributed by atoms with E-state index in [9.17, 15) is 4.79 Å². The minimum absolute atomic E-state index is 0.0864. The number of anilines is 2. The fourth-order valence-corrected chi connectivity index (χ4v) is 2.63. The van der Waals surface area contributed by atoms with Gasteiger partial charge < -0.3 is 9.80 Å². The fourth-order valence-electron chi connectivity index (χ4n) is 2.63. The van der Waals surface area contributed by atoms with Crippen molar-refractivity contribution in [1.82, 2.24) is 9.88 Å². The molecular weight excluding hydrogens is 262 g/mol. The highest BCUT2D eigenvalue weighted by atomic mass is 16.2. The van der Waals surface area contributed by atoms with E-state index in [1.807, 2.05) is 53.2 Å². The van der Waals surface area contributed by atoms with Crippen LogP contribution in [0.25, 0.3) is 0 Å². The average Bonchev–Trinajstić information content (AvgIpc) is 3.09. The first-order chi connectivity index (χ1) is 10.3. The molecule has 0 spiro atoms. The first kappa shape index (κ1) is 13.6. The second-order valence-corrected chi connectivity index (χ2v) is 5.33. The van der Waals surface area contributed by atoms with Crippen LogP contribution in [0.1, 0.15) is 23.2 Å². The fraction of sp³-hybridized carbons (Fsp3) is 0.294. The van der Waals surface area contributed by atoms with E-state index in [2.05, 4.69) is 4.98 Å². The Morgan fingerprint density at radius 1 is 1.10 bits per heavy atom. The molecule has 0 unspecified atom stereocenters. The summed E-state index contributed by atoms with van der Waals surface area (Å²) in [4.78, 5) is 20.6. The Balaban J connectivity index is 1.84. The van der Waals surface area contributed by atoms with E-state index in [1.54, 1.807) is 12.4 Å². The van der Waals surface area contributed by atoms with Crippen molar-refractivity contribution in [3.63, 3.8) is 0 Å². The normalized spacial score (nSPS) is 14.2. The third kappa shape index (κ3) is 2.89. The minimum atomic E-state index is 0.0864. The predicted molar refractivity (Wildman–Crippen MR) is 83.9 cm³/mol. The molecule has 2 heterocycles. The molecule has 1 amide bonds. The molecule has 0 N–H and O–H groups in total. The zero-order valence-corrected chi connectivity index (χ0v) is 12.2. The molecule has 3 rings (SSSR count). The lowest BCUT2D eigenvalue weighted by Gasteiger charge is -2.20. The van der Waals surface area contributed by atoms with Crippen molar-refractivity contribution in [1.29, 1.82) is 0 Å². The van der Waals surface area contributed by atoms with Crippen molar-refractivity contribution in [2.75, 3.05) is 25.0 Å². The van der Waals surface area contributed by atoms with Crippen molar-refractivity contribution < 1.29 is 4.79 Å². The van der Waals surface area contributed by atoms with Crippen LogP contribution in [0, 0.1) is 0 Å². The number of para-hydroxylation sites is 1. The second kappa shape index (κ2) is 5.95. The summed E-state index contributed by atoms with van der Waals surface area (Å²) >= 11 is 0. The summed E-state index contributed by atoms with van der Waals surface area (Å²) in [5, 5.41) is 0. The van der Waals surface area contributed by atoms with Crippen LogP contribution < -0.4 is 4.90 Å². The van der Waals surface area contributed by atoms with Crippen molar-refractivity contribution >= 4 is 17.3 Å². The Hall–Kier alpha value is -2.36. The number of pyridine rings is 1. The van der Waals surface area contributed by atoms with Crippen LogP contribution in [-0.2, 0) is 0 Å². The van der Waals surface area contributed by atoms with Gasteiger partial charge in [0.25, 0.3) is 5.91 Å². The third-order valence-corrected chi connectivity index (χ3v) is 3.89. The number of nitrogens with zero attached hydrogens (tertiary/aromatic N) is 3. The number of carbonyl (C=O) groups excluding carboxylic acids is 1. The lowest BCUT2D eigenvalue weighted by molar-refractivity contribution is 0.0792. The van der Waals surface area contributed by atoms with Crippen LogP contribution in [-0.4, -0.2) is 35.9 Å². The Bertz CT molecular complexity index is 621. The molecule has 1 saturated heterocycles. The molecule has 0 bridgehead atoms. The summed E-state index contributed by atoms with van der Waals surface area (Å²) in [6.07, 6.45) is 5.64. The molecule has 0 radical (unpaired) electrons. The van der Waals surface area contributed by atoms with Crippen LogP contribution in [0.5, 0.6) is 0 Å². The molecule has 4 heteroatoms. The molecule has 21 heavy (non-hydrogen) atoms. The van der Waals surface area contributed by atoms with E-state index < -0.39 is 0 Å². The average molecular weight is 281 g/mol. The van der Waals surface area contributed by atoms with Gasteiger partial charge in [0.2, 0.25) is 0 Å². The molecule has 1 aliphatic heterocycles. The Morgan fingerprint density at radius 2 is 1.81 bits per heavy atom. The van der Waals surface area contributed by atoms with Crippen molar-refractivity contribution in [3.8, 4) is 0 Å². The molecule has 108 valence electrons. The van der Waals surface area contributed by atoms with Gasteiger partial charge in [-0.15, -0.1) is 0 Å². The van der Waals surface area contributed by atoms with Gasteiger partial charge >= 0.3 is 0 Å². The minimum Gasteiger partial charge on any atom is -0.343 e. The molecule has 1 aromatic heterocycles. The van der Waals surface area contributed by atoms with E-state index in [1.165, 1.54) is 0 Å². The first-order valence-electron chi connectivity index (χ1n) is 7.29. The van der Waals surface area contributed by atoms with Crippen molar-refractivity contribution in [2.24, 2.45) is 0 Å². The molecule has 2 aromatic rings. The van der Waals surface area contributed by atoms with Gasteiger partial charge in [0.15, 0.2) is 0 Å². The number of likely N-dealkylation sites (tertiary alicyclic amines) is 1. The van der Waals surface area contributed by atoms with Crippen LogP contribution in [0.15, 0.2) is 48.8 Å². The van der Waals surface area contributed by atoms with Crippen molar-refractivity contribution in [2.45, 2.75) is 12.8 Å². The van der Waals surface area contributed by atoms with Crippen LogP contribution in [0.3, 0.4) is 0 Å². The standard InChI is InChI=1S/C17H19N3O/c1-19(15-7-3-2-4-8-15)16-11-14(12-18-13-16)17(21)20-9-5-6-10-20/h2-4,7-8,11-13H,5-6,9-10H2,1H3. The number of rotatable bonds is 3. The molecule has 4 nitrogen and oxygen atoms in total. The zero-order chi connectivity index (χ0) is 14.7. The highest BCUT2D eigenvalue weighted by Crippen LogP contribution is 2.23. The van der Waals surface area contributed by atoms with Gasteiger partial charge in [-0.05, 0) is 31.0 Å². The Labute approximate surface area is 125 Å². The zero-order valence-electron chi connectivity index (χ0n) is 12.2. The number of amides is 1. The second-order valence-electron chi connectivity index (χ2n) is 5.33. The van der Waals surface area contributed by atoms with E-state index in [-0.39, 0.29) is 5.91 Å². The SMILES string of the molecule is CN(c1ccccc1)c1cncc(C(=O)N2CCCC2)c1. The summed E-state index contributed by atoms with van der Waals surface area (Å²) in [5.74, 6) is 0.0864. The van der Waals surface area contributed by atoms with Gasteiger partial charge in [0, 0.05) is 32.0 Å². The highest BCUT2D eigenvalue weighted by molar-refractivity contribution is 5.95. The topological polar surface area (TPSA) is 36.4 Å². The van der Waals surface area contributed by atoms with Gasteiger partial charge in [-0.1, -0.05) is 18.2 Å². The van der Waals surface area contributed by atoms with E-state index in [4.69, 9.17) is 0 Å². The summed E-state index contributed by atoms with van der Waals surface area (Å²) in [6, 6.07) is 12.0. The number of hydrogen-bond donors (Lipinski definition) is 0. The van der Waals surface area contributed by atoms with Gasteiger partial charge in [-0.3, -0.25) is 9.78 Å². The molecule has 1 fully saturated rings. The van der Waals surface area contributed by atoms with Gasteiger partial charge in [-0.2, -0.15) is 0 Å². The summed E-state index contributed by atoms with van der Waals surface area (Å²) in [7, 11) is 1.98. The van der Waals surface area contributed by atoms with Gasteiger partial charge in [-0.25, -0.2) is 0 Å². The maximum Gasteiger partial charge on any atom is 0.255 e. The van der Waals surface area contributed by atoms with E-state index in [0.717, 1.165) is 37.3 Å². The van der Waals surface area contributed by atoms with Crippen LogP contribution in [0.2, 0.25) is 0 Å². The van der Waals surface area contributed by atoms with E-state index in [0.29, 0.717) is 5.56 Å². The Kier molecular flexibility index (Phi) is 3.86. The number of carbonyl (C=O) groups is 1. The highest BCUT2D eigenvalue weighted by Gasteiger charge is 2.20. The van der Waals surface area contributed by atoms with Crippen LogP contribution in [0.4, 0.5) is 11.4 Å². The van der Waals surface area contributed by atoms with Crippen LogP contribution >= 0.6 is 0 Å². The largest absolute Gasteiger partial charge is 0.343 e. The molecular formula is C17H19N3O. The smallest absolute Gasteiger partial charge is 0.255 e. The molecule has 0 aliphatic carbocycles. The predicted octanol–water partition coefficient (Wildman–Crippen LogP) is 3.09. The Morgan fingerprint density at radius 3 is 2.52 bits per heavy atom. The first-order valence-corrected chi connectivity index (χ1v) is 7.29. The van der Waals surface area contributed by atoms with Gasteiger partial charge in [0.05, 0.1) is 17.4 Å². The molecule has 0 saturated carbocycles. The van der Waals surface area contributed by atoms with Gasteiger partial charge in [0.1, 0.15) is 0 Å². The summed E-state index contributed by atoms with van der Waals surface area (Å²) in [5.41, 5.74) is 2.66. The molecule has 0 atom stereocenters. The molecule has 1 aliphatic rings. The van der Waals surface area contributed by atoms with E-state index >= 15 is 0 Å². The van der Waals surface area contributed by atoms with Crippen molar-refractivity contribution in [3.05, 3.63) is 54.4 Å². The number of aromatic nitrogens is 1. The maximum atomic E-state index is 12.4. The number of benzene rings is 1. The number of hydrogen-bond acceptors (Lipinski definition) is 3. The lowest BCUT2D eigenvalue weighted by Crippen LogP contribution is -2.27.